The van der Waals surface area contributed by atoms with Crippen LogP contribution in [0.1, 0.15) is 39.7 Å². The van der Waals surface area contributed by atoms with Crippen LogP contribution in [0.3, 0.4) is 0 Å². The summed E-state index contributed by atoms with van der Waals surface area (Å²) in [7, 11) is 0. The minimum Gasteiger partial charge on any atom is -0.390 e. The van der Waals surface area contributed by atoms with Crippen LogP contribution in [-0.4, -0.2) is 58.5 Å². The van der Waals surface area contributed by atoms with Crippen LogP contribution in [-0.2, 0) is 20.8 Å². The molecule has 35 heavy (non-hydrogen) atoms. The maximum absolute atomic E-state index is 13.1. The first kappa shape index (κ1) is 30.6. The largest absolute Gasteiger partial charge is 0.390 e. The molecule has 2 rings (SSSR count). The maximum atomic E-state index is 13.1. The summed E-state index contributed by atoms with van der Waals surface area (Å²) in [5, 5.41) is 19.9. The van der Waals surface area contributed by atoms with Gasteiger partial charge in [-0.25, -0.2) is 0 Å². The first-order valence-electron chi connectivity index (χ1n) is 11.2. The lowest BCUT2D eigenvalue weighted by atomic mass is 9.98. The summed E-state index contributed by atoms with van der Waals surface area (Å²) in [6.45, 7) is 6.50. The number of aliphatic hydroxyl groups is 1. The predicted octanol–water partition coefficient (Wildman–Crippen LogP) is 2.03. The number of carbonyl (C=O) groups is 3. The Morgan fingerprint density at radius 1 is 1.06 bits per heavy atom. The first-order chi connectivity index (χ1) is 15.8. The molecule has 0 aliphatic heterocycles. The molecule has 0 saturated carbocycles. The van der Waals surface area contributed by atoms with Crippen LogP contribution >= 0.6 is 24.0 Å². The van der Waals surface area contributed by atoms with Gasteiger partial charge in [-0.1, -0.05) is 42.5 Å². The van der Waals surface area contributed by atoms with Gasteiger partial charge in [0, 0.05) is 30.8 Å². The van der Waals surface area contributed by atoms with Crippen LogP contribution in [0, 0.1) is 0 Å². The average molecular weight is 527 g/mol. The van der Waals surface area contributed by atoms with E-state index in [9.17, 15) is 19.5 Å². The van der Waals surface area contributed by atoms with Crippen molar-refractivity contribution in [3.05, 3.63) is 48.0 Å². The smallest absolute Gasteiger partial charge is 0.245 e. The van der Waals surface area contributed by atoms with Gasteiger partial charge < -0.3 is 26.8 Å². The van der Waals surface area contributed by atoms with Gasteiger partial charge >= 0.3 is 0 Å². The van der Waals surface area contributed by atoms with Gasteiger partial charge in [0.15, 0.2) is 0 Å². The van der Waals surface area contributed by atoms with Crippen LogP contribution in [0.5, 0.6) is 0 Å². The molecule has 0 saturated heterocycles. The minimum absolute atomic E-state index is 0. The van der Waals surface area contributed by atoms with E-state index in [1.165, 1.54) is 0 Å². The lowest BCUT2D eigenvalue weighted by molar-refractivity contribution is -0.135. The summed E-state index contributed by atoms with van der Waals surface area (Å²) in [5.41, 5.74) is 4.99. The summed E-state index contributed by atoms with van der Waals surface area (Å²) in [6, 6.07) is 12.7. The number of fused-ring (bicyclic) bond motifs is 1. The fourth-order valence-corrected chi connectivity index (χ4v) is 3.53. The Balaban J connectivity index is 0.00000612. The number of nitrogens with two attached hydrogens (primary N) is 1. The Morgan fingerprint density at radius 2 is 1.69 bits per heavy atom. The van der Waals surface area contributed by atoms with Gasteiger partial charge in [-0.3, -0.25) is 14.4 Å². The maximum Gasteiger partial charge on any atom is 0.245 e. The van der Waals surface area contributed by atoms with Crippen molar-refractivity contribution in [1.82, 2.24) is 16.0 Å². The third-order valence-corrected chi connectivity index (χ3v) is 5.39. The van der Waals surface area contributed by atoms with E-state index in [0.717, 1.165) is 16.3 Å². The molecule has 0 heterocycles. The van der Waals surface area contributed by atoms with E-state index < -0.39 is 34.4 Å². The molecule has 8 nitrogen and oxygen atoms in total. The summed E-state index contributed by atoms with van der Waals surface area (Å²) in [5.74, 6) is -1.35. The molecule has 10 heteroatoms. The molecule has 194 valence electrons. The van der Waals surface area contributed by atoms with Crippen LogP contribution in [0.2, 0.25) is 0 Å². The highest BCUT2D eigenvalue weighted by Crippen LogP contribution is 2.19. The number of benzene rings is 2. The molecule has 0 aliphatic rings. The van der Waals surface area contributed by atoms with Crippen molar-refractivity contribution >= 4 is 52.5 Å². The van der Waals surface area contributed by atoms with Crippen molar-refractivity contribution in [2.75, 3.05) is 13.1 Å². The van der Waals surface area contributed by atoms with Gasteiger partial charge in [0.25, 0.3) is 0 Å². The molecule has 0 bridgehead atoms. The first-order valence-corrected chi connectivity index (χ1v) is 11.6. The zero-order chi connectivity index (χ0) is 25.5. The number of hydrogen-bond donors (Lipinski definition) is 5. The second kappa shape index (κ2) is 13.1. The molecule has 3 amide bonds. The minimum atomic E-state index is -1.28. The van der Waals surface area contributed by atoms with Crippen LogP contribution < -0.4 is 21.7 Å². The summed E-state index contributed by atoms with van der Waals surface area (Å²) < 4.78 is 0. The number of amides is 3. The van der Waals surface area contributed by atoms with Crippen molar-refractivity contribution in [3.8, 4) is 0 Å². The Bertz CT molecular complexity index is 1020. The van der Waals surface area contributed by atoms with Crippen molar-refractivity contribution < 1.29 is 19.5 Å². The van der Waals surface area contributed by atoms with Gasteiger partial charge in [-0.2, -0.15) is 0 Å². The number of alkyl halides is 1. The number of aliphatic hydroxyl groups excluding tert-OH is 1. The quantitative estimate of drug-likeness (QED) is 0.285. The highest BCUT2D eigenvalue weighted by atomic mass is 35.5. The molecule has 6 N–H and O–H groups in total. The molecule has 0 aliphatic carbocycles. The molecule has 2 atom stereocenters. The molecule has 0 aromatic heterocycles. The Kier molecular flexibility index (Phi) is 11.4. The Morgan fingerprint density at radius 3 is 2.29 bits per heavy atom. The van der Waals surface area contributed by atoms with E-state index in [1.54, 1.807) is 27.7 Å². The molecular weight excluding hydrogens is 491 g/mol. The fourth-order valence-electron chi connectivity index (χ4n) is 3.41. The Hall–Kier alpha value is -2.39. The molecule has 0 radical (unpaired) electrons. The topological polar surface area (TPSA) is 134 Å². The standard InChI is InChI=1S/C25H35ClN4O4.ClH/c1-24(2,26)13-21(32)30-25(3,4)23(34)29-20(22(33)28-15-19(31)14-27)12-16-9-10-17-7-5-6-8-18(17)11-16;/h5-11,19-20,31H,12-15,27H2,1-4H3,(H,28,33)(H,29,34)(H,30,32);1H. The number of carbonyl (C=O) groups excluding carboxylic acids is 3. The average Bonchev–Trinajstić information content (AvgIpc) is 2.74. The number of halogens is 2. The molecule has 2 aromatic rings. The van der Waals surface area contributed by atoms with E-state index in [1.807, 2.05) is 42.5 Å². The van der Waals surface area contributed by atoms with Gasteiger partial charge in [-0.05, 0) is 44.0 Å². The number of rotatable bonds is 11. The third-order valence-electron chi connectivity index (χ3n) is 5.26. The van der Waals surface area contributed by atoms with E-state index >= 15 is 0 Å². The second-order valence-corrected chi connectivity index (χ2v) is 10.6. The zero-order valence-electron chi connectivity index (χ0n) is 20.6. The Labute approximate surface area is 217 Å². The summed E-state index contributed by atoms with van der Waals surface area (Å²) in [4.78, 5) is 37.6. The van der Waals surface area contributed by atoms with Crippen LogP contribution in [0.15, 0.2) is 42.5 Å². The SMILES string of the molecule is CC(C)(Cl)CC(=O)NC(C)(C)C(=O)NC(Cc1ccc2ccccc2c1)C(=O)NCC(O)CN.Cl. The fraction of sp³-hybridized carbons (Fsp3) is 0.480. The predicted molar refractivity (Wildman–Crippen MR) is 142 cm³/mol. The summed E-state index contributed by atoms with van der Waals surface area (Å²) in [6.07, 6.45) is -0.640. The van der Waals surface area contributed by atoms with E-state index in [-0.39, 0.29) is 44.2 Å². The molecule has 2 aromatic carbocycles. The number of hydrogen-bond acceptors (Lipinski definition) is 5. The van der Waals surface area contributed by atoms with Gasteiger partial charge in [0.1, 0.15) is 11.6 Å². The van der Waals surface area contributed by atoms with E-state index in [4.69, 9.17) is 17.3 Å². The van der Waals surface area contributed by atoms with Gasteiger partial charge in [0.2, 0.25) is 17.7 Å². The van der Waals surface area contributed by atoms with Gasteiger partial charge in [-0.15, -0.1) is 24.0 Å². The lowest BCUT2D eigenvalue weighted by Gasteiger charge is -2.29. The zero-order valence-corrected chi connectivity index (χ0v) is 22.1. The monoisotopic (exact) mass is 526 g/mol. The van der Waals surface area contributed by atoms with Gasteiger partial charge in [0.05, 0.1) is 6.10 Å². The van der Waals surface area contributed by atoms with Crippen LogP contribution in [0.25, 0.3) is 10.8 Å². The highest BCUT2D eigenvalue weighted by molar-refractivity contribution is 6.24. The third kappa shape index (κ3) is 10.0. The summed E-state index contributed by atoms with van der Waals surface area (Å²) >= 11 is 6.12. The molecule has 0 spiro atoms. The van der Waals surface area contributed by atoms with E-state index in [0.29, 0.717) is 0 Å². The normalized spacial score (nSPS) is 13.3. The van der Waals surface area contributed by atoms with Crippen molar-refractivity contribution in [2.24, 2.45) is 5.73 Å². The van der Waals surface area contributed by atoms with Crippen molar-refractivity contribution in [2.45, 2.75) is 63.1 Å². The lowest BCUT2D eigenvalue weighted by Crippen LogP contribution is -2.60. The number of nitrogens with one attached hydrogen (secondary N) is 3. The van der Waals surface area contributed by atoms with E-state index in [2.05, 4.69) is 16.0 Å². The molecular formula is C25H36Cl2N4O4. The molecule has 2 unspecified atom stereocenters. The van der Waals surface area contributed by atoms with Crippen molar-refractivity contribution in [3.63, 3.8) is 0 Å². The van der Waals surface area contributed by atoms with Crippen LogP contribution in [0.4, 0.5) is 0 Å². The second-order valence-electron chi connectivity index (χ2n) is 9.62. The van der Waals surface area contributed by atoms with Crippen molar-refractivity contribution in [1.29, 1.82) is 0 Å². The molecule has 0 fully saturated rings. The highest BCUT2D eigenvalue weighted by Gasteiger charge is 2.34.